The van der Waals surface area contributed by atoms with Crippen LogP contribution in [0.1, 0.15) is 18.4 Å². The van der Waals surface area contributed by atoms with E-state index in [0.717, 1.165) is 60.5 Å². The van der Waals surface area contributed by atoms with E-state index < -0.39 is 0 Å². The molecule has 5 heteroatoms. The Labute approximate surface area is 196 Å². The van der Waals surface area contributed by atoms with E-state index in [1.807, 2.05) is 12.3 Å². The monoisotopic (exact) mass is 437 g/mol. The van der Waals surface area contributed by atoms with Crippen LogP contribution in [0.15, 0.2) is 79.0 Å². The first kappa shape index (κ1) is 21.4. The van der Waals surface area contributed by atoms with Gasteiger partial charge >= 0.3 is 0 Å². The molecule has 0 amide bonds. The van der Waals surface area contributed by atoms with Crippen LogP contribution in [0.2, 0.25) is 0 Å². The molecule has 1 saturated heterocycles. The summed E-state index contributed by atoms with van der Waals surface area (Å²) in [5.41, 5.74) is 5.66. The molecule has 5 rings (SSSR count). The smallest absolute Gasteiger partial charge is 0.135 e. The molecule has 4 aromatic rings. The molecule has 0 atom stereocenters. The third-order valence-corrected chi connectivity index (χ3v) is 6.47. The molecular formula is C28H31N5. The minimum atomic E-state index is 0.438. The summed E-state index contributed by atoms with van der Waals surface area (Å²) in [6.07, 6.45) is 4.10. The third kappa shape index (κ3) is 4.99. The van der Waals surface area contributed by atoms with Crippen molar-refractivity contribution in [1.29, 1.82) is 0 Å². The average molecular weight is 438 g/mol. The van der Waals surface area contributed by atoms with Crippen LogP contribution in [0.5, 0.6) is 0 Å². The quantitative estimate of drug-likeness (QED) is 0.435. The molecule has 2 aromatic heterocycles. The minimum absolute atomic E-state index is 0.438. The molecule has 5 nitrogen and oxygen atoms in total. The van der Waals surface area contributed by atoms with Gasteiger partial charge in [0.05, 0.1) is 11.2 Å². The second-order valence-corrected chi connectivity index (χ2v) is 9.04. The van der Waals surface area contributed by atoms with Gasteiger partial charge in [0.15, 0.2) is 0 Å². The van der Waals surface area contributed by atoms with E-state index >= 15 is 0 Å². The first-order valence-corrected chi connectivity index (χ1v) is 11.7. The van der Waals surface area contributed by atoms with Crippen LogP contribution in [0, 0.1) is 0 Å². The lowest BCUT2D eigenvalue weighted by Gasteiger charge is -2.32. The number of anilines is 2. The summed E-state index contributed by atoms with van der Waals surface area (Å²) in [4.78, 5) is 14.2. The number of likely N-dealkylation sites (tertiary alicyclic amines) is 1. The molecule has 0 saturated carbocycles. The fourth-order valence-electron chi connectivity index (χ4n) is 4.53. The number of nitrogens with zero attached hydrogens (tertiary/aromatic N) is 4. The van der Waals surface area contributed by atoms with Gasteiger partial charge in [-0.2, -0.15) is 0 Å². The predicted octanol–water partition coefficient (Wildman–Crippen LogP) is 5.44. The predicted molar refractivity (Wildman–Crippen MR) is 138 cm³/mol. The zero-order chi connectivity index (χ0) is 22.6. The Morgan fingerprint density at radius 1 is 0.909 bits per heavy atom. The zero-order valence-corrected chi connectivity index (χ0v) is 19.4. The number of pyridine rings is 2. The normalized spacial score (nSPS) is 15.0. The lowest BCUT2D eigenvalue weighted by molar-refractivity contribution is 0.211. The third-order valence-electron chi connectivity index (χ3n) is 6.47. The summed E-state index contributed by atoms with van der Waals surface area (Å²) < 4.78 is 0. The Hall–Kier alpha value is -3.44. The van der Waals surface area contributed by atoms with Gasteiger partial charge in [-0.1, -0.05) is 42.5 Å². The molecule has 0 unspecified atom stereocenters. The Balaban J connectivity index is 1.26. The standard InChI is InChI=1S/C28H31N5/c1-32(2)24-10-8-22(9-11-24)26-13-12-25-27(31-26)14-17-29-28(25)30-23-15-18-33(19-16-23)20-21-6-4-3-5-7-21/h3-14,17,23H,15-16,18-20H2,1-2H3,(H,29,30). The van der Waals surface area contributed by atoms with E-state index in [4.69, 9.17) is 4.98 Å². The van der Waals surface area contributed by atoms with Crippen molar-refractivity contribution in [2.24, 2.45) is 0 Å². The van der Waals surface area contributed by atoms with Gasteiger partial charge in [0, 0.05) is 62.6 Å². The Morgan fingerprint density at radius 2 is 1.67 bits per heavy atom. The second kappa shape index (κ2) is 9.59. The number of rotatable bonds is 6. The minimum Gasteiger partial charge on any atom is -0.378 e. The average Bonchev–Trinajstić information content (AvgIpc) is 2.86. The van der Waals surface area contributed by atoms with E-state index in [9.17, 15) is 0 Å². The first-order chi connectivity index (χ1) is 16.2. The van der Waals surface area contributed by atoms with Crippen molar-refractivity contribution in [2.75, 3.05) is 37.4 Å². The number of benzene rings is 2. The summed E-state index contributed by atoms with van der Waals surface area (Å²) in [5, 5.41) is 4.79. The largest absolute Gasteiger partial charge is 0.378 e. The molecule has 3 heterocycles. The van der Waals surface area contributed by atoms with Gasteiger partial charge in [0.2, 0.25) is 0 Å². The van der Waals surface area contributed by atoms with Crippen LogP contribution in [0.3, 0.4) is 0 Å². The summed E-state index contributed by atoms with van der Waals surface area (Å²) in [6, 6.07) is 26.0. The zero-order valence-electron chi connectivity index (χ0n) is 19.4. The molecule has 0 bridgehead atoms. The molecule has 1 aliphatic rings. The van der Waals surface area contributed by atoms with Crippen molar-refractivity contribution in [2.45, 2.75) is 25.4 Å². The van der Waals surface area contributed by atoms with Crippen LogP contribution in [-0.4, -0.2) is 48.1 Å². The summed E-state index contributed by atoms with van der Waals surface area (Å²) in [6.45, 7) is 3.23. The van der Waals surface area contributed by atoms with Crippen LogP contribution in [0.4, 0.5) is 11.5 Å². The van der Waals surface area contributed by atoms with Gasteiger partial charge < -0.3 is 10.2 Å². The van der Waals surface area contributed by atoms with Crippen molar-refractivity contribution in [3.8, 4) is 11.3 Å². The molecule has 1 fully saturated rings. The molecule has 2 aromatic carbocycles. The number of hydrogen-bond acceptors (Lipinski definition) is 5. The molecular weight excluding hydrogens is 406 g/mol. The van der Waals surface area contributed by atoms with Gasteiger partial charge in [-0.25, -0.2) is 9.97 Å². The van der Waals surface area contributed by atoms with Gasteiger partial charge in [0.1, 0.15) is 5.82 Å². The molecule has 1 N–H and O–H groups in total. The number of nitrogens with one attached hydrogen (secondary N) is 1. The van der Waals surface area contributed by atoms with Crippen molar-refractivity contribution < 1.29 is 0 Å². The number of fused-ring (bicyclic) bond motifs is 1. The van der Waals surface area contributed by atoms with Crippen LogP contribution >= 0.6 is 0 Å². The van der Waals surface area contributed by atoms with E-state index in [2.05, 4.69) is 101 Å². The number of hydrogen-bond donors (Lipinski definition) is 1. The summed E-state index contributed by atoms with van der Waals surface area (Å²) in [7, 11) is 4.11. The fourth-order valence-corrected chi connectivity index (χ4v) is 4.53. The lowest BCUT2D eigenvalue weighted by atomic mass is 10.0. The van der Waals surface area contributed by atoms with Crippen LogP contribution in [-0.2, 0) is 6.54 Å². The van der Waals surface area contributed by atoms with Crippen molar-refractivity contribution in [3.05, 3.63) is 84.6 Å². The van der Waals surface area contributed by atoms with E-state index in [1.165, 1.54) is 11.3 Å². The van der Waals surface area contributed by atoms with Gasteiger partial charge in [0.25, 0.3) is 0 Å². The van der Waals surface area contributed by atoms with Gasteiger partial charge in [-0.15, -0.1) is 0 Å². The molecule has 168 valence electrons. The SMILES string of the molecule is CN(C)c1ccc(-c2ccc3c(NC4CCN(Cc5ccccc5)CC4)nccc3n2)cc1. The van der Waals surface area contributed by atoms with E-state index in [-0.39, 0.29) is 0 Å². The van der Waals surface area contributed by atoms with Crippen molar-refractivity contribution in [1.82, 2.24) is 14.9 Å². The molecule has 0 spiro atoms. The van der Waals surface area contributed by atoms with E-state index in [0.29, 0.717) is 6.04 Å². The molecule has 33 heavy (non-hydrogen) atoms. The highest BCUT2D eigenvalue weighted by Crippen LogP contribution is 2.27. The van der Waals surface area contributed by atoms with Gasteiger partial charge in [-0.3, -0.25) is 4.90 Å². The lowest BCUT2D eigenvalue weighted by Crippen LogP contribution is -2.38. The van der Waals surface area contributed by atoms with Crippen molar-refractivity contribution in [3.63, 3.8) is 0 Å². The second-order valence-electron chi connectivity index (χ2n) is 9.04. The Morgan fingerprint density at radius 3 is 2.39 bits per heavy atom. The maximum atomic E-state index is 4.93. The maximum absolute atomic E-state index is 4.93. The van der Waals surface area contributed by atoms with Crippen molar-refractivity contribution >= 4 is 22.4 Å². The molecule has 0 aliphatic carbocycles. The fraction of sp³-hybridized carbons (Fsp3) is 0.286. The summed E-state index contributed by atoms with van der Waals surface area (Å²) >= 11 is 0. The highest BCUT2D eigenvalue weighted by atomic mass is 15.1. The molecule has 1 aliphatic heterocycles. The Bertz CT molecular complexity index is 1200. The number of piperidine rings is 1. The first-order valence-electron chi connectivity index (χ1n) is 11.7. The van der Waals surface area contributed by atoms with Crippen LogP contribution in [0.25, 0.3) is 22.2 Å². The molecule has 0 radical (unpaired) electrons. The Kier molecular flexibility index (Phi) is 6.22. The summed E-state index contributed by atoms with van der Waals surface area (Å²) in [5.74, 6) is 0.941. The maximum Gasteiger partial charge on any atom is 0.135 e. The van der Waals surface area contributed by atoms with E-state index in [1.54, 1.807) is 0 Å². The highest BCUT2D eigenvalue weighted by molar-refractivity contribution is 5.90. The highest BCUT2D eigenvalue weighted by Gasteiger charge is 2.20. The topological polar surface area (TPSA) is 44.3 Å². The number of aromatic nitrogens is 2. The van der Waals surface area contributed by atoms with Gasteiger partial charge in [-0.05, 0) is 48.7 Å². The van der Waals surface area contributed by atoms with Crippen LogP contribution < -0.4 is 10.2 Å².